The average Bonchev–Trinajstić information content (AvgIpc) is 1.93. The van der Waals surface area contributed by atoms with E-state index < -0.39 is 0 Å². The maximum Gasteiger partial charge on any atom is 0.0760 e. The summed E-state index contributed by atoms with van der Waals surface area (Å²) in [6.45, 7) is 4.06. The van der Waals surface area contributed by atoms with Crippen LogP contribution in [0.3, 0.4) is 0 Å². The molecule has 0 atom stereocenters. The zero-order valence-electron chi connectivity index (χ0n) is 6.63. The molecular formula is C9H10IN. The van der Waals surface area contributed by atoms with Crippen molar-refractivity contribution in [3.8, 4) is 0 Å². The molecule has 1 aromatic rings. The summed E-state index contributed by atoms with van der Waals surface area (Å²) in [4.78, 5) is 4.36. The molecule has 11 heavy (non-hydrogen) atoms. The number of halogens is 1. The van der Waals surface area contributed by atoms with Crippen LogP contribution in [0.4, 0.5) is 5.69 Å². The molecule has 0 fully saturated rings. The van der Waals surface area contributed by atoms with Crippen molar-refractivity contribution in [2.75, 3.05) is 0 Å². The lowest BCUT2D eigenvalue weighted by Crippen LogP contribution is -1.76. The summed E-state index contributed by atoms with van der Waals surface area (Å²) >= 11 is 2.21. The maximum atomic E-state index is 4.36. The predicted molar refractivity (Wildman–Crippen MR) is 58.0 cm³/mol. The van der Waals surface area contributed by atoms with Crippen molar-refractivity contribution >= 4 is 32.0 Å². The highest BCUT2D eigenvalue weighted by molar-refractivity contribution is 14.1. The van der Waals surface area contributed by atoms with Gasteiger partial charge in [-0.15, -0.1) is 0 Å². The monoisotopic (exact) mass is 259 g/mol. The van der Waals surface area contributed by atoms with E-state index in [9.17, 15) is 0 Å². The van der Waals surface area contributed by atoms with E-state index in [1.54, 1.807) is 0 Å². The third-order valence-corrected chi connectivity index (χ3v) is 1.63. The molecule has 0 spiro atoms. The molecule has 0 amide bonds. The van der Waals surface area contributed by atoms with Crippen molar-refractivity contribution in [2.45, 2.75) is 13.8 Å². The Morgan fingerprint density at radius 2 is 2.00 bits per heavy atom. The standard InChI is InChI=1S/C9H10IN/c1-7-5-3-4-6-9(7)11-8(2)10/h3-6H,1-2H3/b11-8+. The molecule has 0 aromatic heterocycles. The minimum absolute atomic E-state index is 1.07. The number of nitrogens with zero attached hydrogens (tertiary/aromatic N) is 1. The fraction of sp³-hybridized carbons (Fsp3) is 0.222. The Kier molecular flexibility index (Phi) is 3.05. The topological polar surface area (TPSA) is 12.4 Å². The Balaban J connectivity index is 3.04. The van der Waals surface area contributed by atoms with Crippen molar-refractivity contribution in [3.05, 3.63) is 29.8 Å². The third kappa shape index (κ3) is 2.61. The minimum Gasteiger partial charge on any atom is -0.247 e. The number of rotatable bonds is 1. The van der Waals surface area contributed by atoms with Crippen molar-refractivity contribution in [1.82, 2.24) is 0 Å². The summed E-state index contributed by atoms with van der Waals surface area (Å²) in [6, 6.07) is 8.12. The van der Waals surface area contributed by atoms with Crippen LogP contribution in [0.25, 0.3) is 0 Å². The van der Waals surface area contributed by atoms with Crippen molar-refractivity contribution < 1.29 is 0 Å². The summed E-state index contributed by atoms with van der Waals surface area (Å²) in [5.41, 5.74) is 2.29. The van der Waals surface area contributed by atoms with Gasteiger partial charge in [-0.05, 0) is 48.1 Å². The van der Waals surface area contributed by atoms with Crippen LogP contribution in [0.15, 0.2) is 29.3 Å². The van der Waals surface area contributed by atoms with Crippen LogP contribution in [0, 0.1) is 6.92 Å². The van der Waals surface area contributed by atoms with E-state index in [4.69, 9.17) is 0 Å². The first-order valence-electron chi connectivity index (χ1n) is 3.46. The van der Waals surface area contributed by atoms with Gasteiger partial charge in [0.25, 0.3) is 0 Å². The Bertz CT molecular complexity index is 275. The number of aryl methyl sites for hydroxylation is 1. The second-order valence-corrected chi connectivity index (χ2v) is 3.96. The molecule has 0 unspecified atom stereocenters. The van der Waals surface area contributed by atoms with Crippen molar-refractivity contribution in [2.24, 2.45) is 4.99 Å². The van der Waals surface area contributed by atoms with E-state index in [0.717, 1.165) is 9.41 Å². The Hall–Kier alpha value is -0.380. The number of para-hydroxylation sites is 1. The molecule has 1 rings (SSSR count). The van der Waals surface area contributed by atoms with Crippen LogP contribution >= 0.6 is 22.6 Å². The second kappa shape index (κ2) is 3.85. The first kappa shape index (κ1) is 8.71. The van der Waals surface area contributed by atoms with Crippen molar-refractivity contribution in [1.29, 1.82) is 0 Å². The molecule has 58 valence electrons. The molecule has 0 saturated carbocycles. The zero-order valence-corrected chi connectivity index (χ0v) is 8.79. The smallest absolute Gasteiger partial charge is 0.0760 e. The summed E-state index contributed by atoms with van der Waals surface area (Å²) in [5.74, 6) is 0. The van der Waals surface area contributed by atoms with E-state index in [1.165, 1.54) is 5.56 Å². The first-order chi connectivity index (χ1) is 5.20. The molecule has 0 bridgehead atoms. The quantitative estimate of drug-likeness (QED) is 0.540. The third-order valence-electron chi connectivity index (χ3n) is 1.39. The SMILES string of the molecule is C/C(I)=N\c1ccccc1C. The van der Waals surface area contributed by atoms with Gasteiger partial charge in [-0.1, -0.05) is 18.2 Å². The van der Waals surface area contributed by atoms with Crippen LogP contribution in [-0.4, -0.2) is 3.72 Å². The summed E-state index contributed by atoms with van der Waals surface area (Å²) < 4.78 is 1.07. The number of aliphatic imine (C=N–C) groups is 1. The maximum absolute atomic E-state index is 4.36. The number of hydrogen-bond acceptors (Lipinski definition) is 1. The molecule has 0 N–H and O–H groups in total. The molecule has 0 aliphatic rings. The lowest BCUT2D eigenvalue weighted by atomic mass is 10.2. The summed E-state index contributed by atoms with van der Waals surface area (Å²) in [6.07, 6.45) is 0. The Labute approximate surface area is 80.7 Å². The van der Waals surface area contributed by atoms with Crippen LogP contribution in [0.2, 0.25) is 0 Å². The van der Waals surface area contributed by atoms with E-state index in [-0.39, 0.29) is 0 Å². The van der Waals surface area contributed by atoms with Gasteiger partial charge in [-0.2, -0.15) is 0 Å². The Morgan fingerprint density at radius 3 is 2.55 bits per heavy atom. The first-order valence-corrected chi connectivity index (χ1v) is 4.54. The second-order valence-electron chi connectivity index (χ2n) is 2.40. The molecule has 1 nitrogen and oxygen atoms in total. The molecule has 2 heteroatoms. The average molecular weight is 259 g/mol. The minimum atomic E-state index is 1.07. The highest BCUT2D eigenvalue weighted by Crippen LogP contribution is 2.17. The fourth-order valence-electron chi connectivity index (χ4n) is 0.855. The largest absolute Gasteiger partial charge is 0.247 e. The van der Waals surface area contributed by atoms with E-state index in [1.807, 2.05) is 25.1 Å². The van der Waals surface area contributed by atoms with E-state index in [2.05, 4.69) is 40.6 Å². The zero-order chi connectivity index (χ0) is 8.27. The highest BCUT2D eigenvalue weighted by Gasteiger charge is 1.92. The highest BCUT2D eigenvalue weighted by atomic mass is 127. The van der Waals surface area contributed by atoms with Gasteiger partial charge in [-0.25, -0.2) is 4.99 Å². The Morgan fingerprint density at radius 1 is 1.36 bits per heavy atom. The van der Waals surface area contributed by atoms with Gasteiger partial charge >= 0.3 is 0 Å². The van der Waals surface area contributed by atoms with Gasteiger partial charge < -0.3 is 0 Å². The predicted octanol–water partition coefficient (Wildman–Crippen LogP) is 3.48. The van der Waals surface area contributed by atoms with Gasteiger partial charge in [0.1, 0.15) is 0 Å². The van der Waals surface area contributed by atoms with Gasteiger partial charge in [0.05, 0.1) is 9.41 Å². The van der Waals surface area contributed by atoms with Gasteiger partial charge in [0.15, 0.2) is 0 Å². The molecule has 0 aliphatic carbocycles. The van der Waals surface area contributed by atoms with Crippen LogP contribution in [0.5, 0.6) is 0 Å². The summed E-state index contributed by atoms with van der Waals surface area (Å²) in [5, 5.41) is 0. The van der Waals surface area contributed by atoms with E-state index in [0.29, 0.717) is 0 Å². The van der Waals surface area contributed by atoms with E-state index >= 15 is 0 Å². The molecule has 0 heterocycles. The molecule has 0 aliphatic heterocycles. The normalized spacial score (nSPS) is 11.7. The van der Waals surface area contributed by atoms with Gasteiger partial charge in [0, 0.05) is 0 Å². The van der Waals surface area contributed by atoms with Gasteiger partial charge in [-0.3, -0.25) is 0 Å². The molecular weight excluding hydrogens is 249 g/mol. The molecule has 1 aromatic carbocycles. The summed E-state index contributed by atoms with van der Waals surface area (Å²) in [7, 11) is 0. The lowest BCUT2D eigenvalue weighted by molar-refractivity contribution is 1.40. The molecule has 0 radical (unpaired) electrons. The van der Waals surface area contributed by atoms with Crippen LogP contribution in [-0.2, 0) is 0 Å². The van der Waals surface area contributed by atoms with Crippen LogP contribution < -0.4 is 0 Å². The fourth-order valence-corrected chi connectivity index (χ4v) is 1.11. The molecule has 0 saturated heterocycles. The number of benzene rings is 1. The van der Waals surface area contributed by atoms with Gasteiger partial charge in [0.2, 0.25) is 0 Å². The number of hydrogen-bond donors (Lipinski definition) is 0. The van der Waals surface area contributed by atoms with Crippen molar-refractivity contribution in [3.63, 3.8) is 0 Å². The lowest BCUT2D eigenvalue weighted by Gasteiger charge is -1.97. The van der Waals surface area contributed by atoms with Crippen LogP contribution in [0.1, 0.15) is 12.5 Å².